The maximum absolute atomic E-state index is 13.0. The van der Waals surface area contributed by atoms with E-state index in [2.05, 4.69) is 32.3 Å². The average Bonchev–Trinajstić information content (AvgIpc) is 3.32. The van der Waals surface area contributed by atoms with E-state index >= 15 is 0 Å². The highest BCUT2D eigenvalue weighted by Gasteiger charge is 2.20. The molecule has 0 aliphatic rings. The Labute approximate surface area is 200 Å². The summed E-state index contributed by atoms with van der Waals surface area (Å²) in [6.07, 6.45) is 3.04. The van der Waals surface area contributed by atoms with Gasteiger partial charge < -0.3 is 10.4 Å². The molecule has 0 aliphatic carbocycles. The number of nitrogens with one attached hydrogen (secondary N) is 3. The van der Waals surface area contributed by atoms with E-state index in [1.807, 2.05) is 42.5 Å². The highest BCUT2D eigenvalue weighted by Crippen LogP contribution is 2.37. The number of amides is 1. The number of phenols is 1. The molecule has 170 valence electrons. The number of carbonyl (C=O) groups excluding carboxylic acids is 1. The highest BCUT2D eigenvalue weighted by atomic mass is 16.3. The summed E-state index contributed by atoms with van der Waals surface area (Å²) in [6, 6.07) is 25.4. The van der Waals surface area contributed by atoms with Crippen LogP contribution < -0.4 is 16.2 Å². The molecule has 0 saturated carbocycles. The van der Waals surface area contributed by atoms with Crippen LogP contribution in [0, 0.1) is 11.3 Å². The number of aromatic nitrogens is 3. The lowest BCUT2D eigenvalue weighted by molar-refractivity contribution is 0.102. The lowest BCUT2D eigenvalue weighted by atomic mass is 10.0. The number of anilines is 3. The van der Waals surface area contributed by atoms with Gasteiger partial charge >= 0.3 is 0 Å². The number of aromatic hydroxyl groups is 1. The van der Waals surface area contributed by atoms with Crippen LogP contribution in [0.5, 0.6) is 5.75 Å². The van der Waals surface area contributed by atoms with Crippen molar-refractivity contribution < 1.29 is 9.90 Å². The van der Waals surface area contributed by atoms with Crippen LogP contribution in [0.1, 0.15) is 15.9 Å². The van der Waals surface area contributed by atoms with Crippen molar-refractivity contribution in [1.82, 2.24) is 14.8 Å². The number of nitrogens with zero attached hydrogens (tertiary/aromatic N) is 4. The van der Waals surface area contributed by atoms with Crippen molar-refractivity contribution >= 4 is 33.9 Å². The first-order chi connectivity index (χ1) is 17.2. The first-order valence-electron chi connectivity index (χ1n) is 10.7. The molecule has 0 atom stereocenters. The van der Waals surface area contributed by atoms with Gasteiger partial charge in [0.05, 0.1) is 11.8 Å². The summed E-state index contributed by atoms with van der Waals surface area (Å²) in [4.78, 5) is 17.3. The largest absolute Gasteiger partial charge is 0.505 e. The number of phenolic OH excluding ortho intramolecular Hbond substituents is 1. The van der Waals surface area contributed by atoms with Crippen molar-refractivity contribution in [3.05, 3.63) is 102 Å². The number of benzene rings is 3. The average molecular weight is 461 g/mol. The number of hydrazine groups is 1. The first-order valence-corrected chi connectivity index (χ1v) is 10.7. The van der Waals surface area contributed by atoms with Crippen molar-refractivity contribution in [3.63, 3.8) is 0 Å². The minimum Gasteiger partial charge on any atom is -0.505 e. The molecule has 0 fully saturated rings. The molecule has 5 aromatic rings. The van der Waals surface area contributed by atoms with Gasteiger partial charge in [-0.15, -0.1) is 0 Å². The molecule has 0 radical (unpaired) electrons. The van der Waals surface area contributed by atoms with Gasteiger partial charge in [0, 0.05) is 17.3 Å². The zero-order valence-electron chi connectivity index (χ0n) is 18.3. The van der Waals surface area contributed by atoms with E-state index in [9.17, 15) is 15.2 Å². The highest BCUT2D eigenvalue weighted by molar-refractivity contribution is 6.12. The second-order valence-corrected chi connectivity index (χ2v) is 7.56. The number of fused-ring (bicyclic) bond motifs is 1. The first kappa shape index (κ1) is 21.5. The van der Waals surface area contributed by atoms with Gasteiger partial charge in [0.25, 0.3) is 5.91 Å². The molecule has 3 aromatic carbocycles. The second kappa shape index (κ2) is 9.25. The smallest absolute Gasteiger partial charge is 0.259 e. The van der Waals surface area contributed by atoms with Crippen LogP contribution in [0.3, 0.4) is 0 Å². The quantitative estimate of drug-likeness (QED) is 0.213. The normalized spacial score (nSPS) is 10.5. The number of nitriles is 1. The monoisotopic (exact) mass is 461 g/mol. The van der Waals surface area contributed by atoms with Crippen LogP contribution >= 0.6 is 0 Å². The van der Waals surface area contributed by atoms with Gasteiger partial charge in [0.15, 0.2) is 17.4 Å². The third kappa shape index (κ3) is 4.19. The standard InChI is InChI=1S/C26H19N7O2/c27-15-18-16-29-33(22-12-6-7-13-28-22)25(18)32-31-23-20-11-5-4-8-17(20)14-21(24(23)34)26(35)30-19-9-2-1-3-10-19/h1-14,16,31-32,34H,(H,30,35). The third-order valence-electron chi connectivity index (χ3n) is 5.36. The van der Waals surface area contributed by atoms with E-state index in [4.69, 9.17) is 0 Å². The Balaban J connectivity index is 1.53. The molecular formula is C26H19N7O2. The molecule has 35 heavy (non-hydrogen) atoms. The topological polar surface area (TPSA) is 128 Å². The Kier molecular flexibility index (Phi) is 5.68. The van der Waals surface area contributed by atoms with Crippen LogP contribution in [-0.2, 0) is 0 Å². The van der Waals surface area contributed by atoms with Crippen LogP contribution in [0.25, 0.3) is 16.6 Å². The molecule has 0 saturated heterocycles. The van der Waals surface area contributed by atoms with Crippen molar-refractivity contribution in [3.8, 4) is 17.6 Å². The molecule has 1 amide bonds. The minimum absolute atomic E-state index is 0.0931. The maximum atomic E-state index is 13.0. The fraction of sp³-hybridized carbons (Fsp3) is 0. The van der Waals surface area contributed by atoms with Crippen molar-refractivity contribution in [1.29, 1.82) is 5.26 Å². The number of rotatable bonds is 6. The van der Waals surface area contributed by atoms with E-state index in [1.165, 1.54) is 10.9 Å². The third-order valence-corrected chi connectivity index (χ3v) is 5.36. The molecule has 0 spiro atoms. The lowest BCUT2D eigenvalue weighted by Crippen LogP contribution is -2.17. The van der Waals surface area contributed by atoms with Gasteiger partial charge in [-0.05, 0) is 35.7 Å². The Morgan fingerprint density at radius 3 is 2.51 bits per heavy atom. The van der Waals surface area contributed by atoms with E-state index in [-0.39, 0.29) is 22.6 Å². The molecule has 2 aromatic heterocycles. The lowest BCUT2D eigenvalue weighted by Gasteiger charge is -2.17. The van der Waals surface area contributed by atoms with Gasteiger partial charge in [-0.3, -0.25) is 15.6 Å². The van der Waals surface area contributed by atoms with E-state index in [1.54, 1.807) is 42.6 Å². The number of hydrogen-bond donors (Lipinski definition) is 4. The number of para-hydroxylation sites is 1. The molecule has 0 aliphatic heterocycles. The van der Waals surface area contributed by atoms with Crippen molar-refractivity contribution in [2.24, 2.45) is 0 Å². The predicted octanol–water partition coefficient (Wildman–Crippen LogP) is 4.69. The van der Waals surface area contributed by atoms with E-state index < -0.39 is 5.91 Å². The second-order valence-electron chi connectivity index (χ2n) is 7.56. The summed E-state index contributed by atoms with van der Waals surface area (Å²) in [5.41, 5.74) is 7.20. The summed E-state index contributed by atoms with van der Waals surface area (Å²) >= 11 is 0. The van der Waals surface area contributed by atoms with Gasteiger partial charge in [-0.1, -0.05) is 48.5 Å². The molecule has 9 nitrogen and oxygen atoms in total. The summed E-state index contributed by atoms with van der Waals surface area (Å²) in [5, 5.41) is 29.1. The zero-order chi connectivity index (χ0) is 24.2. The summed E-state index contributed by atoms with van der Waals surface area (Å²) in [7, 11) is 0. The molecule has 4 N–H and O–H groups in total. The summed E-state index contributed by atoms with van der Waals surface area (Å²) < 4.78 is 1.47. The maximum Gasteiger partial charge on any atom is 0.259 e. The van der Waals surface area contributed by atoms with Crippen LogP contribution in [0.4, 0.5) is 17.2 Å². The number of carbonyl (C=O) groups is 1. The molecule has 0 unspecified atom stereocenters. The van der Waals surface area contributed by atoms with Crippen LogP contribution in [0.2, 0.25) is 0 Å². The Hall–Kier alpha value is -5.36. The summed E-state index contributed by atoms with van der Waals surface area (Å²) in [6.45, 7) is 0. The number of hydrogen-bond acceptors (Lipinski definition) is 7. The fourth-order valence-corrected chi connectivity index (χ4v) is 3.68. The number of pyridine rings is 1. The van der Waals surface area contributed by atoms with E-state index in [0.29, 0.717) is 22.7 Å². The predicted molar refractivity (Wildman–Crippen MR) is 133 cm³/mol. The van der Waals surface area contributed by atoms with Gasteiger partial charge in [-0.2, -0.15) is 15.0 Å². The molecule has 9 heteroatoms. The molecular weight excluding hydrogens is 442 g/mol. The van der Waals surface area contributed by atoms with Crippen LogP contribution in [-0.4, -0.2) is 25.8 Å². The van der Waals surface area contributed by atoms with Crippen molar-refractivity contribution in [2.75, 3.05) is 16.2 Å². The van der Waals surface area contributed by atoms with Crippen molar-refractivity contribution in [2.45, 2.75) is 0 Å². The fourth-order valence-electron chi connectivity index (χ4n) is 3.68. The van der Waals surface area contributed by atoms with Gasteiger partial charge in [0.2, 0.25) is 0 Å². The zero-order valence-corrected chi connectivity index (χ0v) is 18.3. The Bertz CT molecular complexity index is 1560. The Morgan fingerprint density at radius 1 is 0.971 bits per heavy atom. The van der Waals surface area contributed by atoms with Crippen LogP contribution in [0.15, 0.2) is 91.3 Å². The minimum atomic E-state index is -0.459. The Morgan fingerprint density at radius 2 is 1.74 bits per heavy atom. The molecule has 2 heterocycles. The molecule has 5 rings (SSSR count). The molecule has 0 bridgehead atoms. The SMILES string of the molecule is N#Cc1cnn(-c2ccccn2)c1NNc1c(O)c(C(=O)Nc2ccccc2)cc2ccccc12. The van der Waals surface area contributed by atoms with E-state index in [0.717, 1.165) is 5.39 Å². The van der Waals surface area contributed by atoms with Gasteiger partial charge in [0.1, 0.15) is 17.3 Å². The van der Waals surface area contributed by atoms with Gasteiger partial charge in [-0.25, -0.2) is 4.98 Å². The summed E-state index contributed by atoms with van der Waals surface area (Å²) in [5.74, 6) is 0.128.